The number of methoxy groups -OCH3 is 1. The smallest absolute Gasteiger partial charge is 0.414 e. The molecule has 1 aromatic heterocycles. The number of hydrogen-bond donors (Lipinski definition) is 1. The molecular weight excluding hydrogens is 500 g/mol. The maximum absolute atomic E-state index is 13.5. The maximum Gasteiger partial charge on any atom is 0.414 e. The molecule has 0 radical (unpaired) electrons. The third-order valence-corrected chi connectivity index (χ3v) is 7.37. The van der Waals surface area contributed by atoms with Gasteiger partial charge in [0.2, 0.25) is 5.78 Å². The van der Waals surface area contributed by atoms with E-state index in [9.17, 15) is 14.7 Å². The first-order chi connectivity index (χ1) is 18.7. The van der Waals surface area contributed by atoms with Crippen LogP contribution < -0.4 is 14.2 Å². The molecule has 0 atom stereocenters. The lowest BCUT2D eigenvalue weighted by atomic mass is 10.1. The zero-order valence-electron chi connectivity index (χ0n) is 23.0. The molecule has 10 heteroatoms. The van der Waals surface area contributed by atoms with Crippen LogP contribution in [0.1, 0.15) is 21.6 Å². The molecule has 1 N–H and O–H groups in total. The van der Waals surface area contributed by atoms with Crippen LogP contribution in [0.15, 0.2) is 36.1 Å². The summed E-state index contributed by atoms with van der Waals surface area (Å²) in [4.78, 5) is 31.7. The van der Waals surface area contributed by atoms with Crippen molar-refractivity contribution in [3.05, 3.63) is 52.9 Å². The fourth-order valence-electron chi connectivity index (χ4n) is 5.06. The molecule has 206 valence electrons. The quantitative estimate of drug-likeness (QED) is 0.480. The summed E-state index contributed by atoms with van der Waals surface area (Å²) in [6.45, 7) is 7.94. The van der Waals surface area contributed by atoms with E-state index in [0.717, 1.165) is 61.4 Å². The SMILES string of the molecule is COc1ccc2c(c1)c(C=C1Oc3cc(O)cc(OC(=O)N(C)C)c3C1=O)c(C)n2CCN1CCN(C)CC1. The van der Waals surface area contributed by atoms with Gasteiger partial charge in [-0.2, -0.15) is 0 Å². The highest BCUT2D eigenvalue weighted by Gasteiger charge is 2.34. The highest BCUT2D eigenvalue weighted by Crippen LogP contribution is 2.42. The van der Waals surface area contributed by atoms with Gasteiger partial charge in [0, 0.05) is 87.7 Å². The summed E-state index contributed by atoms with van der Waals surface area (Å²) < 4.78 is 19.0. The van der Waals surface area contributed by atoms with Crippen LogP contribution >= 0.6 is 0 Å². The molecule has 3 aromatic rings. The van der Waals surface area contributed by atoms with Crippen molar-refractivity contribution in [2.75, 3.05) is 61.0 Å². The van der Waals surface area contributed by atoms with Crippen LogP contribution in [0.5, 0.6) is 23.0 Å². The Kier molecular flexibility index (Phi) is 7.24. The van der Waals surface area contributed by atoms with Gasteiger partial charge in [0.05, 0.1) is 7.11 Å². The maximum atomic E-state index is 13.5. The molecule has 1 saturated heterocycles. The van der Waals surface area contributed by atoms with E-state index >= 15 is 0 Å². The van der Waals surface area contributed by atoms with Crippen molar-refractivity contribution in [2.45, 2.75) is 13.5 Å². The number of aromatic nitrogens is 1. The number of piperazine rings is 1. The predicted molar refractivity (Wildman–Crippen MR) is 148 cm³/mol. The van der Waals surface area contributed by atoms with Crippen LogP contribution in [-0.2, 0) is 6.54 Å². The zero-order chi connectivity index (χ0) is 27.8. The molecule has 2 aliphatic heterocycles. The molecule has 2 aromatic carbocycles. The Labute approximate surface area is 227 Å². The second-order valence-electron chi connectivity index (χ2n) is 10.2. The van der Waals surface area contributed by atoms with Gasteiger partial charge in [-0.05, 0) is 38.2 Å². The summed E-state index contributed by atoms with van der Waals surface area (Å²) >= 11 is 0. The van der Waals surface area contributed by atoms with Gasteiger partial charge >= 0.3 is 6.09 Å². The number of allylic oxidation sites excluding steroid dienone is 1. The number of phenols is 1. The molecule has 0 unspecified atom stereocenters. The molecule has 1 amide bonds. The number of benzene rings is 2. The van der Waals surface area contributed by atoms with E-state index in [0.29, 0.717) is 5.75 Å². The van der Waals surface area contributed by atoms with E-state index < -0.39 is 11.9 Å². The topological polar surface area (TPSA) is 96.7 Å². The van der Waals surface area contributed by atoms with Gasteiger partial charge in [-0.3, -0.25) is 9.69 Å². The Morgan fingerprint density at radius 1 is 1.13 bits per heavy atom. The molecule has 39 heavy (non-hydrogen) atoms. The Morgan fingerprint density at radius 2 is 1.87 bits per heavy atom. The second kappa shape index (κ2) is 10.6. The van der Waals surface area contributed by atoms with Crippen LogP contribution in [-0.4, -0.2) is 97.2 Å². The van der Waals surface area contributed by atoms with E-state index in [4.69, 9.17) is 14.2 Å². The van der Waals surface area contributed by atoms with E-state index in [2.05, 4.69) is 21.4 Å². The predicted octanol–water partition coefficient (Wildman–Crippen LogP) is 3.59. The number of aromatic hydroxyl groups is 1. The van der Waals surface area contributed by atoms with Crippen molar-refractivity contribution in [3.63, 3.8) is 0 Å². The molecular formula is C29H34N4O6. The fraction of sp³-hybridized carbons (Fsp3) is 0.379. The number of nitrogens with zero attached hydrogens (tertiary/aromatic N) is 4. The van der Waals surface area contributed by atoms with Gasteiger partial charge < -0.3 is 33.7 Å². The van der Waals surface area contributed by atoms with Gasteiger partial charge in [0.1, 0.15) is 22.8 Å². The number of ketones is 1. The molecule has 0 spiro atoms. The lowest BCUT2D eigenvalue weighted by Crippen LogP contribution is -2.45. The molecule has 0 bridgehead atoms. The lowest BCUT2D eigenvalue weighted by Gasteiger charge is -2.32. The van der Waals surface area contributed by atoms with E-state index in [1.165, 1.54) is 31.1 Å². The van der Waals surface area contributed by atoms with Crippen molar-refractivity contribution >= 4 is 28.9 Å². The molecule has 3 heterocycles. The van der Waals surface area contributed by atoms with Crippen molar-refractivity contribution in [2.24, 2.45) is 0 Å². The van der Waals surface area contributed by atoms with Crippen molar-refractivity contribution in [3.8, 4) is 23.0 Å². The first-order valence-corrected chi connectivity index (χ1v) is 12.9. The Balaban J connectivity index is 1.51. The Bertz CT molecular complexity index is 1470. The van der Waals surface area contributed by atoms with Gasteiger partial charge in [-0.15, -0.1) is 0 Å². The number of fused-ring (bicyclic) bond motifs is 2. The molecule has 5 rings (SSSR count). The molecule has 0 aliphatic carbocycles. The first kappa shape index (κ1) is 26.6. The van der Waals surface area contributed by atoms with Crippen molar-refractivity contribution < 1.29 is 28.9 Å². The standard InChI is InChI=1S/C29H34N4O6/c1-18-21(17-26-28(35)27-24(38-26)14-19(34)15-25(27)39-29(36)30(2)3)22-16-20(37-5)6-7-23(22)33(18)13-12-32-10-8-31(4)9-11-32/h6-7,14-17,34H,8-13H2,1-5H3. The van der Waals surface area contributed by atoms with Gasteiger partial charge in [-0.1, -0.05) is 0 Å². The van der Waals surface area contributed by atoms with Gasteiger partial charge in [0.25, 0.3) is 0 Å². The van der Waals surface area contributed by atoms with Crippen LogP contribution in [0, 0.1) is 6.92 Å². The normalized spacial score (nSPS) is 16.9. The average molecular weight is 535 g/mol. The third kappa shape index (κ3) is 5.17. The molecule has 2 aliphatic rings. The summed E-state index contributed by atoms with van der Waals surface area (Å²) in [6.07, 6.45) is 1.06. The Morgan fingerprint density at radius 3 is 2.56 bits per heavy atom. The average Bonchev–Trinajstić information content (AvgIpc) is 3.36. The fourth-order valence-corrected chi connectivity index (χ4v) is 5.06. The van der Waals surface area contributed by atoms with Crippen LogP contribution in [0.2, 0.25) is 0 Å². The van der Waals surface area contributed by atoms with E-state index in [-0.39, 0.29) is 28.6 Å². The molecule has 0 saturated carbocycles. The number of phenolic OH excluding ortho intramolecular Hbond substituents is 1. The van der Waals surface area contributed by atoms with E-state index in [1.807, 2.05) is 25.1 Å². The van der Waals surface area contributed by atoms with Crippen LogP contribution in [0.3, 0.4) is 0 Å². The van der Waals surface area contributed by atoms with Crippen LogP contribution in [0.25, 0.3) is 17.0 Å². The largest absolute Gasteiger partial charge is 0.508 e. The third-order valence-electron chi connectivity index (χ3n) is 7.37. The highest BCUT2D eigenvalue weighted by molar-refractivity contribution is 6.17. The van der Waals surface area contributed by atoms with Gasteiger partial charge in [-0.25, -0.2) is 4.79 Å². The minimum Gasteiger partial charge on any atom is -0.508 e. The van der Waals surface area contributed by atoms with Crippen LogP contribution in [0.4, 0.5) is 4.79 Å². The highest BCUT2D eigenvalue weighted by atomic mass is 16.6. The minimum absolute atomic E-state index is 0.0508. The molecule has 10 nitrogen and oxygen atoms in total. The number of carbonyl (C=O) groups excluding carboxylic acids is 2. The first-order valence-electron chi connectivity index (χ1n) is 12.9. The summed E-state index contributed by atoms with van der Waals surface area (Å²) in [5.74, 6) is 0.287. The minimum atomic E-state index is -0.667. The number of likely N-dealkylation sites (N-methyl/N-ethyl adjacent to an activating group) is 1. The van der Waals surface area contributed by atoms with Crippen molar-refractivity contribution in [1.82, 2.24) is 19.3 Å². The van der Waals surface area contributed by atoms with Gasteiger partial charge in [0.15, 0.2) is 11.5 Å². The van der Waals surface area contributed by atoms with Crippen molar-refractivity contribution in [1.29, 1.82) is 0 Å². The summed E-state index contributed by atoms with van der Waals surface area (Å²) in [7, 11) is 6.84. The second-order valence-corrected chi connectivity index (χ2v) is 10.2. The number of hydrogen-bond acceptors (Lipinski definition) is 8. The monoisotopic (exact) mass is 534 g/mol. The number of rotatable bonds is 6. The van der Waals surface area contributed by atoms with E-state index in [1.54, 1.807) is 13.2 Å². The number of Topliss-reactive ketones (excluding diaryl/α,β-unsaturated/α-hetero) is 1. The summed E-state index contributed by atoms with van der Waals surface area (Å²) in [5, 5.41) is 11.1. The molecule has 1 fully saturated rings. The zero-order valence-corrected chi connectivity index (χ0v) is 23.0. The number of amides is 1. The number of carbonyl (C=O) groups is 2. The Hall–Kier alpha value is -4.02. The summed E-state index contributed by atoms with van der Waals surface area (Å²) in [5.41, 5.74) is 2.97. The number of ether oxygens (including phenoxy) is 3. The summed E-state index contributed by atoms with van der Waals surface area (Å²) in [6, 6.07) is 8.52. The lowest BCUT2D eigenvalue weighted by molar-refractivity contribution is 0.101.